The Morgan fingerprint density at radius 3 is 2.55 bits per heavy atom. The molecule has 0 atom stereocenters. The van der Waals surface area contributed by atoms with Crippen LogP contribution in [-0.4, -0.2) is 24.8 Å². The molecule has 1 aliphatic carbocycles. The van der Waals surface area contributed by atoms with Crippen LogP contribution in [0.5, 0.6) is 5.75 Å². The molecule has 4 nitrogen and oxygen atoms in total. The van der Waals surface area contributed by atoms with Gasteiger partial charge in [-0.3, -0.25) is 9.79 Å². The van der Waals surface area contributed by atoms with Crippen molar-refractivity contribution in [3.05, 3.63) is 82.4 Å². The van der Waals surface area contributed by atoms with Gasteiger partial charge < -0.3 is 10.1 Å². The summed E-state index contributed by atoms with van der Waals surface area (Å²) in [7, 11) is 1.67. The summed E-state index contributed by atoms with van der Waals surface area (Å²) in [6.07, 6.45) is 17.0. The smallest absolute Gasteiger partial charge is 0.224 e. The number of carbonyl (C=O) groups excluding carboxylic acids is 1. The fourth-order valence-electron chi connectivity index (χ4n) is 3.98. The standard InChI is InChI=1S/C26H28N2O2S.C2H2/c1-18-23(12-7-13-25(29)28-20-8-3-4-9-20)31-24-11-6-5-10-22(24)26(27-18)19-14-16-21(30-2)17-15-19;1-2/h5-7,10-12,14-17,20H,3-4,8-9,13H2,1-2H3,(H,28,29);1-2H/b12-7-;. The fraction of sp³-hybridized carbons (Fsp3) is 0.286. The van der Waals surface area contributed by atoms with Gasteiger partial charge >= 0.3 is 0 Å². The lowest BCUT2D eigenvalue weighted by Gasteiger charge is -2.10. The van der Waals surface area contributed by atoms with Gasteiger partial charge in [0.25, 0.3) is 0 Å². The average Bonchev–Trinajstić information content (AvgIpc) is 3.31. The van der Waals surface area contributed by atoms with Gasteiger partial charge in [-0.15, -0.1) is 12.8 Å². The summed E-state index contributed by atoms with van der Waals surface area (Å²) in [6, 6.07) is 16.7. The molecule has 1 fully saturated rings. The molecule has 4 rings (SSSR count). The number of ether oxygens (including phenoxy) is 1. The second kappa shape index (κ2) is 12.1. The minimum atomic E-state index is 0.0999. The summed E-state index contributed by atoms with van der Waals surface area (Å²) in [5, 5.41) is 3.14. The van der Waals surface area contributed by atoms with E-state index >= 15 is 0 Å². The number of nitrogens with zero attached hydrogens (tertiary/aromatic N) is 1. The Kier molecular flexibility index (Phi) is 8.97. The first kappa shape index (κ1) is 24.4. The minimum absolute atomic E-state index is 0.0999. The van der Waals surface area contributed by atoms with Gasteiger partial charge in [-0.05, 0) is 56.2 Å². The molecule has 1 amide bonds. The van der Waals surface area contributed by atoms with Gasteiger partial charge in [-0.25, -0.2) is 0 Å². The molecule has 33 heavy (non-hydrogen) atoms. The highest BCUT2D eigenvalue weighted by Gasteiger charge is 2.19. The summed E-state index contributed by atoms with van der Waals surface area (Å²) in [4.78, 5) is 19.5. The summed E-state index contributed by atoms with van der Waals surface area (Å²) in [5.41, 5.74) is 4.05. The van der Waals surface area contributed by atoms with Crippen LogP contribution < -0.4 is 10.1 Å². The normalized spacial score (nSPS) is 15.8. The van der Waals surface area contributed by atoms with Crippen LogP contribution >= 0.6 is 11.8 Å². The quantitative estimate of drug-likeness (QED) is 0.530. The molecule has 0 bridgehead atoms. The topological polar surface area (TPSA) is 50.7 Å². The van der Waals surface area contributed by atoms with Crippen molar-refractivity contribution < 1.29 is 9.53 Å². The lowest BCUT2D eigenvalue weighted by atomic mass is 10.0. The maximum Gasteiger partial charge on any atom is 0.224 e. The Morgan fingerprint density at radius 1 is 1.15 bits per heavy atom. The Morgan fingerprint density at radius 2 is 1.85 bits per heavy atom. The molecule has 0 aromatic heterocycles. The molecule has 2 aromatic rings. The maximum absolute atomic E-state index is 12.3. The molecule has 2 aromatic carbocycles. The number of carbonyl (C=O) groups is 1. The third kappa shape index (κ3) is 6.40. The number of methoxy groups -OCH3 is 1. The molecule has 0 unspecified atom stereocenters. The van der Waals surface area contributed by atoms with Crippen LogP contribution in [0.1, 0.15) is 50.2 Å². The van der Waals surface area contributed by atoms with E-state index in [0.717, 1.165) is 50.9 Å². The van der Waals surface area contributed by atoms with Crippen molar-refractivity contribution in [3.63, 3.8) is 0 Å². The predicted octanol–water partition coefficient (Wildman–Crippen LogP) is 6.12. The van der Waals surface area contributed by atoms with Gasteiger partial charge in [0, 0.05) is 33.4 Å². The summed E-state index contributed by atoms with van der Waals surface area (Å²) in [6.45, 7) is 2.03. The highest BCUT2D eigenvalue weighted by Crippen LogP contribution is 2.37. The largest absolute Gasteiger partial charge is 0.497 e. The number of terminal acetylenes is 1. The van der Waals surface area contributed by atoms with E-state index in [2.05, 4.69) is 36.4 Å². The van der Waals surface area contributed by atoms with E-state index in [1.54, 1.807) is 18.9 Å². The first-order chi connectivity index (χ1) is 16.1. The number of aliphatic imine (C=N–C) groups is 1. The Balaban J connectivity index is 0.00000149. The number of hydrogen-bond donors (Lipinski definition) is 1. The van der Waals surface area contributed by atoms with Crippen molar-refractivity contribution >= 4 is 23.4 Å². The molecule has 1 heterocycles. The average molecular weight is 459 g/mol. The van der Waals surface area contributed by atoms with Crippen molar-refractivity contribution in [2.45, 2.75) is 50.0 Å². The molecule has 1 N–H and O–H groups in total. The third-order valence-corrected chi connectivity index (χ3v) is 6.88. The molecule has 1 aliphatic heterocycles. The first-order valence-corrected chi connectivity index (χ1v) is 12.0. The van der Waals surface area contributed by atoms with E-state index in [0.29, 0.717) is 12.5 Å². The highest BCUT2D eigenvalue weighted by atomic mass is 32.2. The molecule has 1 saturated carbocycles. The zero-order valence-electron chi connectivity index (χ0n) is 19.2. The molecule has 0 radical (unpaired) electrons. The van der Waals surface area contributed by atoms with Crippen molar-refractivity contribution in [2.24, 2.45) is 4.99 Å². The number of benzene rings is 2. The second-order valence-electron chi connectivity index (χ2n) is 7.89. The predicted molar refractivity (Wildman–Crippen MR) is 138 cm³/mol. The lowest BCUT2D eigenvalue weighted by molar-refractivity contribution is -0.120. The summed E-state index contributed by atoms with van der Waals surface area (Å²) >= 11 is 1.70. The Hall–Kier alpha value is -3.23. The van der Waals surface area contributed by atoms with Crippen molar-refractivity contribution in [1.82, 2.24) is 5.32 Å². The molecular formula is C28H30N2O2S. The zero-order valence-corrected chi connectivity index (χ0v) is 20.0. The highest BCUT2D eigenvalue weighted by molar-refractivity contribution is 8.03. The van der Waals surface area contributed by atoms with Gasteiger partial charge in [-0.1, -0.05) is 48.9 Å². The second-order valence-corrected chi connectivity index (χ2v) is 8.98. The fourth-order valence-corrected chi connectivity index (χ4v) is 5.00. The number of allylic oxidation sites excluding steroid dienone is 2. The lowest BCUT2D eigenvalue weighted by Crippen LogP contribution is -2.31. The number of rotatable bonds is 6. The number of thioether (sulfide) groups is 1. The monoisotopic (exact) mass is 458 g/mol. The Labute approximate surface area is 201 Å². The van der Waals surface area contributed by atoms with Crippen LogP contribution in [0.2, 0.25) is 0 Å². The maximum atomic E-state index is 12.3. The number of nitrogens with one attached hydrogen (secondary N) is 1. The van der Waals surface area contributed by atoms with Crippen LogP contribution in [0.4, 0.5) is 0 Å². The van der Waals surface area contributed by atoms with E-state index in [4.69, 9.17) is 9.73 Å². The van der Waals surface area contributed by atoms with Crippen LogP contribution in [0.25, 0.3) is 0 Å². The molecule has 0 spiro atoms. The van der Waals surface area contributed by atoms with Crippen molar-refractivity contribution in [1.29, 1.82) is 0 Å². The van der Waals surface area contributed by atoms with Crippen molar-refractivity contribution in [3.8, 4) is 18.6 Å². The van der Waals surface area contributed by atoms with Gasteiger partial charge in [0.15, 0.2) is 0 Å². The van der Waals surface area contributed by atoms with Gasteiger partial charge in [0.05, 0.1) is 18.5 Å². The number of amides is 1. The van der Waals surface area contributed by atoms with Gasteiger partial charge in [0.1, 0.15) is 5.75 Å². The van der Waals surface area contributed by atoms with Crippen LogP contribution in [0.3, 0.4) is 0 Å². The minimum Gasteiger partial charge on any atom is -0.497 e. The van der Waals surface area contributed by atoms with Crippen LogP contribution in [-0.2, 0) is 4.79 Å². The number of hydrogen-bond acceptors (Lipinski definition) is 4. The van der Waals surface area contributed by atoms with E-state index in [9.17, 15) is 4.79 Å². The zero-order chi connectivity index (χ0) is 23.6. The van der Waals surface area contributed by atoms with Crippen molar-refractivity contribution in [2.75, 3.05) is 7.11 Å². The van der Waals surface area contributed by atoms with E-state index in [1.165, 1.54) is 12.8 Å². The van der Waals surface area contributed by atoms with Gasteiger partial charge in [0.2, 0.25) is 5.91 Å². The third-order valence-electron chi connectivity index (χ3n) is 5.65. The number of fused-ring (bicyclic) bond motifs is 1. The Bertz CT molecular complexity index is 1070. The van der Waals surface area contributed by atoms with E-state index in [1.807, 2.05) is 49.4 Å². The summed E-state index contributed by atoms with van der Waals surface area (Å²) in [5.74, 6) is 0.926. The van der Waals surface area contributed by atoms with E-state index in [-0.39, 0.29) is 5.91 Å². The van der Waals surface area contributed by atoms with Crippen LogP contribution in [0, 0.1) is 12.8 Å². The van der Waals surface area contributed by atoms with Crippen LogP contribution in [0.15, 0.2) is 81.2 Å². The molecule has 2 aliphatic rings. The molecule has 0 saturated heterocycles. The van der Waals surface area contributed by atoms with Gasteiger partial charge in [-0.2, -0.15) is 0 Å². The van der Waals surface area contributed by atoms with E-state index < -0.39 is 0 Å². The SMILES string of the molecule is C#C.COc1ccc(C2=NC(C)=C(/C=C\CC(=O)NC3CCCC3)Sc3ccccc32)cc1. The molecule has 170 valence electrons. The first-order valence-electron chi connectivity index (χ1n) is 11.1. The summed E-state index contributed by atoms with van der Waals surface area (Å²) < 4.78 is 5.30. The molecular weight excluding hydrogens is 428 g/mol. The molecule has 5 heteroatoms.